The summed E-state index contributed by atoms with van der Waals surface area (Å²) < 4.78 is 4.60. The predicted molar refractivity (Wildman–Crippen MR) is 111 cm³/mol. The first-order chi connectivity index (χ1) is 15.2. The molecule has 0 aromatic heterocycles. The Morgan fingerprint density at radius 1 is 1.28 bits per heavy atom. The molecule has 172 valence electrons. The SMILES string of the molecule is CC(=O)Nc1cccc(C(=O)NCC(=O)N2CCC[C@H]2C(=O)N[C@H]2CC(=O)O[C@H]2O)c1Cl. The second-order valence-corrected chi connectivity index (χ2v) is 7.85. The molecule has 1 aromatic carbocycles. The molecule has 11 nitrogen and oxygen atoms in total. The first kappa shape index (κ1) is 23.5. The number of cyclic esters (lactones) is 1. The van der Waals surface area contributed by atoms with E-state index < -0.39 is 42.1 Å². The van der Waals surface area contributed by atoms with Gasteiger partial charge in [-0.2, -0.15) is 0 Å². The van der Waals surface area contributed by atoms with E-state index in [1.165, 1.54) is 17.9 Å². The fourth-order valence-electron chi connectivity index (χ4n) is 3.63. The van der Waals surface area contributed by atoms with Crippen LogP contribution in [-0.4, -0.2) is 71.1 Å². The number of hydrogen-bond donors (Lipinski definition) is 4. The Morgan fingerprint density at radius 2 is 2.03 bits per heavy atom. The zero-order valence-corrected chi connectivity index (χ0v) is 18.0. The topological polar surface area (TPSA) is 154 Å². The summed E-state index contributed by atoms with van der Waals surface area (Å²) in [6.45, 7) is 1.27. The van der Waals surface area contributed by atoms with E-state index in [9.17, 15) is 29.1 Å². The molecule has 2 fully saturated rings. The summed E-state index contributed by atoms with van der Waals surface area (Å²) in [5.41, 5.74) is 0.354. The molecular formula is C20H23ClN4O7. The lowest BCUT2D eigenvalue weighted by Gasteiger charge is -2.25. The van der Waals surface area contributed by atoms with E-state index in [0.29, 0.717) is 19.4 Å². The Labute approximate surface area is 188 Å². The largest absolute Gasteiger partial charge is 0.434 e. The van der Waals surface area contributed by atoms with Gasteiger partial charge in [0.2, 0.25) is 24.0 Å². The van der Waals surface area contributed by atoms with Gasteiger partial charge in [0.25, 0.3) is 5.91 Å². The molecule has 2 aliphatic heterocycles. The van der Waals surface area contributed by atoms with E-state index in [1.54, 1.807) is 12.1 Å². The molecule has 0 bridgehead atoms. The Bertz CT molecular complexity index is 954. The highest BCUT2D eigenvalue weighted by molar-refractivity contribution is 6.36. The van der Waals surface area contributed by atoms with Crippen molar-refractivity contribution in [3.63, 3.8) is 0 Å². The van der Waals surface area contributed by atoms with Gasteiger partial charge in [0.05, 0.1) is 29.2 Å². The van der Waals surface area contributed by atoms with Crippen LogP contribution in [0.25, 0.3) is 0 Å². The van der Waals surface area contributed by atoms with Crippen LogP contribution in [0.5, 0.6) is 0 Å². The van der Waals surface area contributed by atoms with Crippen molar-refractivity contribution < 1.29 is 33.8 Å². The molecule has 4 N–H and O–H groups in total. The summed E-state index contributed by atoms with van der Waals surface area (Å²) in [4.78, 5) is 61.6. The summed E-state index contributed by atoms with van der Waals surface area (Å²) in [5.74, 6) is -2.55. The molecule has 3 rings (SSSR count). The second-order valence-electron chi connectivity index (χ2n) is 7.48. The van der Waals surface area contributed by atoms with Crippen LogP contribution in [0.3, 0.4) is 0 Å². The van der Waals surface area contributed by atoms with Crippen molar-refractivity contribution in [2.45, 2.75) is 44.6 Å². The van der Waals surface area contributed by atoms with Crippen LogP contribution < -0.4 is 16.0 Å². The van der Waals surface area contributed by atoms with Crippen LogP contribution in [0.15, 0.2) is 18.2 Å². The van der Waals surface area contributed by atoms with Gasteiger partial charge < -0.3 is 30.7 Å². The summed E-state index contributed by atoms with van der Waals surface area (Å²) >= 11 is 6.18. The highest BCUT2D eigenvalue weighted by Crippen LogP contribution is 2.26. The van der Waals surface area contributed by atoms with Crippen LogP contribution in [0.2, 0.25) is 5.02 Å². The number of benzene rings is 1. The number of hydrogen-bond acceptors (Lipinski definition) is 7. The number of esters is 1. The summed E-state index contributed by atoms with van der Waals surface area (Å²) in [7, 11) is 0. The number of aliphatic hydroxyl groups excluding tert-OH is 1. The molecule has 2 saturated heterocycles. The zero-order chi connectivity index (χ0) is 23.4. The maximum atomic E-state index is 12.7. The third-order valence-corrected chi connectivity index (χ3v) is 5.55. The summed E-state index contributed by atoms with van der Waals surface area (Å²) in [6.07, 6.45) is -0.574. The van der Waals surface area contributed by atoms with Crippen molar-refractivity contribution >= 4 is 46.9 Å². The van der Waals surface area contributed by atoms with E-state index in [1.807, 2.05) is 0 Å². The molecular weight excluding hydrogens is 444 g/mol. The minimum atomic E-state index is -1.42. The highest BCUT2D eigenvalue weighted by atomic mass is 35.5. The molecule has 3 atom stereocenters. The Morgan fingerprint density at radius 3 is 2.69 bits per heavy atom. The van der Waals surface area contributed by atoms with Crippen LogP contribution >= 0.6 is 11.6 Å². The smallest absolute Gasteiger partial charge is 0.310 e. The van der Waals surface area contributed by atoms with Crippen LogP contribution in [0.4, 0.5) is 5.69 Å². The summed E-state index contributed by atoms with van der Waals surface area (Å²) in [6, 6.07) is 2.88. The van der Waals surface area contributed by atoms with Crippen molar-refractivity contribution in [2.75, 3.05) is 18.4 Å². The number of nitrogens with zero attached hydrogens (tertiary/aromatic N) is 1. The molecule has 2 heterocycles. The maximum absolute atomic E-state index is 12.7. The quantitative estimate of drug-likeness (QED) is 0.422. The fraction of sp³-hybridized carbons (Fsp3) is 0.450. The average molecular weight is 467 g/mol. The van der Waals surface area contributed by atoms with Gasteiger partial charge in [-0.25, -0.2) is 0 Å². The number of ether oxygens (including phenoxy) is 1. The number of aliphatic hydroxyl groups is 1. The van der Waals surface area contributed by atoms with E-state index in [2.05, 4.69) is 20.7 Å². The van der Waals surface area contributed by atoms with Gasteiger partial charge in [-0.3, -0.25) is 24.0 Å². The van der Waals surface area contributed by atoms with Gasteiger partial charge >= 0.3 is 5.97 Å². The van der Waals surface area contributed by atoms with E-state index in [4.69, 9.17) is 11.6 Å². The first-order valence-corrected chi connectivity index (χ1v) is 10.4. The number of carbonyl (C=O) groups is 5. The minimum absolute atomic E-state index is 0.0398. The Hall–Kier alpha value is -3.18. The third kappa shape index (κ3) is 5.35. The molecule has 0 spiro atoms. The van der Waals surface area contributed by atoms with Gasteiger partial charge in [-0.1, -0.05) is 17.7 Å². The number of anilines is 1. The van der Waals surface area contributed by atoms with E-state index in [-0.39, 0.29) is 35.1 Å². The normalized spacial score (nSPS) is 22.3. The van der Waals surface area contributed by atoms with Gasteiger partial charge in [0, 0.05) is 13.5 Å². The molecule has 0 aliphatic carbocycles. The Kier molecular flexibility index (Phi) is 7.31. The van der Waals surface area contributed by atoms with Crippen molar-refractivity contribution in [2.24, 2.45) is 0 Å². The molecule has 1 aromatic rings. The molecule has 2 aliphatic rings. The monoisotopic (exact) mass is 466 g/mol. The van der Waals surface area contributed by atoms with Gasteiger partial charge in [-0.15, -0.1) is 0 Å². The minimum Gasteiger partial charge on any atom is -0.434 e. The van der Waals surface area contributed by atoms with Gasteiger partial charge in [0.1, 0.15) is 12.1 Å². The van der Waals surface area contributed by atoms with E-state index in [0.717, 1.165) is 0 Å². The number of nitrogens with one attached hydrogen (secondary N) is 3. The molecule has 12 heteroatoms. The molecule has 0 unspecified atom stereocenters. The van der Waals surface area contributed by atoms with Gasteiger partial charge in [-0.05, 0) is 25.0 Å². The van der Waals surface area contributed by atoms with Crippen LogP contribution in [-0.2, 0) is 23.9 Å². The Balaban J connectivity index is 1.58. The molecule has 4 amide bonds. The third-order valence-electron chi connectivity index (χ3n) is 5.14. The number of rotatable bonds is 6. The lowest BCUT2D eigenvalue weighted by Crippen LogP contribution is -2.52. The zero-order valence-electron chi connectivity index (χ0n) is 17.2. The maximum Gasteiger partial charge on any atom is 0.310 e. The number of carbonyl (C=O) groups excluding carboxylic acids is 5. The second kappa shape index (κ2) is 9.96. The van der Waals surface area contributed by atoms with Crippen LogP contribution in [0.1, 0.15) is 36.5 Å². The average Bonchev–Trinajstić information content (AvgIpc) is 3.33. The lowest BCUT2D eigenvalue weighted by molar-refractivity contribution is -0.155. The van der Waals surface area contributed by atoms with Crippen molar-refractivity contribution in [3.05, 3.63) is 28.8 Å². The van der Waals surface area contributed by atoms with Crippen molar-refractivity contribution in [1.29, 1.82) is 0 Å². The standard InChI is InChI=1S/C20H23ClN4O7/c1-10(26)23-12-5-2-4-11(17(12)21)18(29)22-9-15(27)25-7-3-6-14(25)19(30)24-13-8-16(28)32-20(13)31/h2,4-5,13-14,20,31H,3,6-9H2,1H3,(H,22,29)(H,23,26)(H,24,30)/t13-,14-,20+/m0/s1. The predicted octanol–water partition coefficient (Wildman–Crippen LogP) is -0.231. The number of halogens is 1. The molecule has 0 radical (unpaired) electrons. The first-order valence-electron chi connectivity index (χ1n) is 9.99. The van der Waals surface area contributed by atoms with Crippen LogP contribution in [0, 0.1) is 0 Å². The van der Waals surface area contributed by atoms with Gasteiger partial charge in [0.15, 0.2) is 0 Å². The van der Waals surface area contributed by atoms with E-state index >= 15 is 0 Å². The molecule has 32 heavy (non-hydrogen) atoms. The number of likely N-dealkylation sites (tertiary alicyclic amines) is 1. The lowest BCUT2D eigenvalue weighted by atomic mass is 10.1. The van der Waals surface area contributed by atoms with Crippen molar-refractivity contribution in [1.82, 2.24) is 15.5 Å². The highest BCUT2D eigenvalue weighted by Gasteiger charge is 2.39. The van der Waals surface area contributed by atoms with Crippen molar-refractivity contribution in [3.8, 4) is 0 Å². The fourth-order valence-corrected chi connectivity index (χ4v) is 3.89. The molecule has 0 saturated carbocycles. The number of amides is 4. The summed E-state index contributed by atoms with van der Waals surface area (Å²) in [5, 5.41) is 17.2.